The Labute approximate surface area is 126 Å². The second-order valence-electron chi connectivity index (χ2n) is 5.64. The van der Waals surface area contributed by atoms with E-state index < -0.39 is 0 Å². The van der Waals surface area contributed by atoms with Crippen molar-refractivity contribution in [2.75, 3.05) is 11.9 Å². The van der Waals surface area contributed by atoms with Crippen molar-refractivity contribution in [2.45, 2.75) is 38.6 Å². The van der Waals surface area contributed by atoms with Crippen molar-refractivity contribution in [3.63, 3.8) is 0 Å². The Balaban J connectivity index is 1.75. The highest BCUT2D eigenvalue weighted by Gasteiger charge is 2.23. The highest BCUT2D eigenvalue weighted by molar-refractivity contribution is 5.50. The lowest BCUT2D eigenvalue weighted by molar-refractivity contribution is 0.317. The number of hydrogen-bond acceptors (Lipinski definition) is 3. The van der Waals surface area contributed by atoms with E-state index in [0.29, 0.717) is 6.04 Å². The predicted octanol–water partition coefficient (Wildman–Crippen LogP) is 3.70. The van der Waals surface area contributed by atoms with Crippen molar-refractivity contribution in [3.05, 3.63) is 41.7 Å². The van der Waals surface area contributed by atoms with Gasteiger partial charge >= 0.3 is 0 Å². The molecule has 0 radical (unpaired) electrons. The molecule has 21 heavy (non-hydrogen) atoms. The average Bonchev–Trinajstić information content (AvgIpc) is 2.88. The van der Waals surface area contributed by atoms with Gasteiger partial charge < -0.3 is 10.1 Å². The van der Waals surface area contributed by atoms with E-state index in [1.165, 1.54) is 17.7 Å². The molecule has 1 N–H and O–H groups in total. The standard InChI is InChI=1S/C17H23N3O/c1-3-10-21-14-7-4-6-13(11-14)19-16-8-5-9-17-15(16)12-18-20(17)2/h4,6-7,11-12,16,19H,3,5,8-10H2,1-2H3. The Kier molecular flexibility index (Phi) is 4.13. The van der Waals surface area contributed by atoms with Crippen LogP contribution in [0, 0.1) is 0 Å². The van der Waals surface area contributed by atoms with Crippen LogP contribution in [0.2, 0.25) is 0 Å². The van der Waals surface area contributed by atoms with Crippen molar-refractivity contribution < 1.29 is 4.74 Å². The van der Waals surface area contributed by atoms with Crippen LogP contribution in [0.1, 0.15) is 43.5 Å². The molecule has 1 aliphatic carbocycles. The highest BCUT2D eigenvalue weighted by Crippen LogP contribution is 2.32. The summed E-state index contributed by atoms with van der Waals surface area (Å²) in [7, 11) is 2.03. The monoisotopic (exact) mass is 285 g/mol. The second-order valence-corrected chi connectivity index (χ2v) is 5.64. The molecule has 4 heteroatoms. The lowest BCUT2D eigenvalue weighted by Gasteiger charge is -2.25. The molecule has 1 aromatic heterocycles. The molecule has 1 aliphatic rings. The van der Waals surface area contributed by atoms with Crippen molar-refractivity contribution in [2.24, 2.45) is 7.05 Å². The zero-order valence-corrected chi connectivity index (χ0v) is 12.8. The third-order valence-electron chi connectivity index (χ3n) is 4.02. The number of hydrogen-bond donors (Lipinski definition) is 1. The van der Waals surface area contributed by atoms with Gasteiger partial charge in [0.1, 0.15) is 5.75 Å². The molecular weight excluding hydrogens is 262 g/mol. The molecule has 0 bridgehead atoms. The molecule has 0 saturated carbocycles. The first-order valence-corrected chi connectivity index (χ1v) is 7.78. The van der Waals surface area contributed by atoms with Crippen molar-refractivity contribution in [1.82, 2.24) is 9.78 Å². The van der Waals surface area contributed by atoms with Crippen LogP contribution in [0.15, 0.2) is 30.5 Å². The van der Waals surface area contributed by atoms with Crippen LogP contribution in [0.5, 0.6) is 5.75 Å². The Bertz CT molecular complexity index is 606. The summed E-state index contributed by atoms with van der Waals surface area (Å²) in [4.78, 5) is 0. The number of benzene rings is 1. The number of anilines is 1. The number of aromatic nitrogens is 2. The lowest BCUT2D eigenvalue weighted by atomic mass is 9.93. The highest BCUT2D eigenvalue weighted by atomic mass is 16.5. The third kappa shape index (κ3) is 3.04. The summed E-state index contributed by atoms with van der Waals surface area (Å²) in [6.45, 7) is 2.88. The van der Waals surface area contributed by atoms with Crippen LogP contribution in [0.25, 0.3) is 0 Å². The molecule has 1 atom stereocenters. The Hall–Kier alpha value is -1.97. The summed E-state index contributed by atoms with van der Waals surface area (Å²) < 4.78 is 7.71. The predicted molar refractivity (Wildman–Crippen MR) is 84.7 cm³/mol. The third-order valence-corrected chi connectivity index (χ3v) is 4.02. The molecule has 1 unspecified atom stereocenters. The average molecular weight is 285 g/mol. The van der Waals surface area contributed by atoms with Crippen LogP contribution >= 0.6 is 0 Å². The van der Waals surface area contributed by atoms with Crippen LogP contribution in [0.3, 0.4) is 0 Å². The van der Waals surface area contributed by atoms with Gasteiger partial charge in [-0.1, -0.05) is 13.0 Å². The molecule has 4 nitrogen and oxygen atoms in total. The van der Waals surface area contributed by atoms with Crippen molar-refractivity contribution in [1.29, 1.82) is 0 Å². The smallest absolute Gasteiger partial charge is 0.121 e. The van der Waals surface area contributed by atoms with Crippen LogP contribution in [-0.2, 0) is 13.5 Å². The molecule has 3 rings (SSSR count). The van der Waals surface area contributed by atoms with Gasteiger partial charge in [0.15, 0.2) is 0 Å². The minimum atomic E-state index is 0.351. The summed E-state index contributed by atoms with van der Waals surface area (Å²) in [6.07, 6.45) is 6.52. The van der Waals surface area contributed by atoms with Gasteiger partial charge in [-0.25, -0.2) is 0 Å². The van der Waals surface area contributed by atoms with Gasteiger partial charge in [-0.3, -0.25) is 4.68 Å². The number of nitrogens with zero attached hydrogens (tertiary/aromatic N) is 2. The Morgan fingerprint density at radius 3 is 3.19 bits per heavy atom. The van der Waals surface area contributed by atoms with Crippen LogP contribution in [-0.4, -0.2) is 16.4 Å². The van der Waals surface area contributed by atoms with Crippen molar-refractivity contribution >= 4 is 5.69 Å². The molecule has 0 aliphatic heterocycles. The van der Waals surface area contributed by atoms with Crippen molar-refractivity contribution in [3.8, 4) is 5.75 Å². The summed E-state index contributed by atoms with van der Waals surface area (Å²) in [5.41, 5.74) is 3.81. The number of rotatable bonds is 5. The fraction of sp³-hybridized carbons (Fsp3) is 0.471. The topological polar surface area (TPSA) is 39.1 Å². The second kappa shape index (κ2) is 6.20. The van der Waals surface area contributed by atoms with Gasteiger partial charge in [0.25, 0.3) is 0 Å². The largest absolute Gasteiger partial charge is 0.494 e. The number of ether oxygens (including phenoxy) is 1. The normalized spacial score (nSPS) is 17.3. The zero-order chi connectivity index (χ0) is 14.7. The molecule has 0 saturated heterocycles. The van der Waals surface area contributed by atoms with Gasteiger partial charge in [-0.15, -0.1) is 0 Å². The van der Waals surface area contributed by atoms with E-state index in [4.69, 9.17) is 4.74 Å². The minimum Gasteiger partial charge on any atom is -0.494 e. The van der Waals surface area contributed by atoms with Gasteiger partial charge in [-0.2, -0.15) is 5.10 Å². The molecule has 112 valence electrons. The number of nitrogens with one attached hydrogen (secondary N) is 1. The van der Waals surface area contributed by atoms with E-state index in [1.54, 1.807) is 0 Å². The molecule has 0 spiro atoms. The van der Waals surface area contributed by atoms with E-state index in [0.717, 1.165) is 37.3 Å². The minimum absolute atomic E-state index is 0.351. The fourth-order valence-electron chi connectivity index (χ4n) is 2.95. The van der Waals surface area contributed by atoms with Gasteiger partial charge in [0, 0.05) is 30.1 Å². The van der Waals surface area contributed by atoms with Crippen LogP contribution in [0.4, 0.5) is 5.69 Å². The van der Waals surface area contributed by atoms with E-state index in [2.05, 4.69) is 29.5 Å². The number of aryl methyl sites for hydroxylation is 1. The van der Waals surface area contributed by atoms with Gasteiger partial charge in [0.05, 0.1) is 18.8 Å². The van der Waals surface area contributed by atoms with E-state index in [1.807, 2.05) is 30.1 Å². The number of fused-ring (bicyclic) bond motifs is 1. The summed E-state index contributed by atoms with van der Waals surface area (Å²) in [6, 6.07) is 8.59. The first kappa shape index (κ1) is 14.0. The zero-order valence-electron chi connectivity index (χ0n) is 12.8. The summed E-state index contributed by atoms with van der Waals surface area (Å²) in [5.74, 6) is 0.934. The molecule has 0 amide bonds. The van der Waals surface area contributed by atoms with Gasteiger partial charge in [-0.05, 0) is 37.8 Å². The Morgan fingerprint density at radius 1 is 1.43 bits per heavy atom. The van der Waals surface area contributed by atoms with E-state index in [9.17, 15) is 0 Å². The molecule has 1 heterocycles. The fourth-order valence-corrected chi connectivity index (χ4v) is 2.95. The first-order chi connectivity index (χ1) is 10.3. The van der Waals surface area contributed by atoms with E-state index in [-0.39, 0.29) is 0 Å². The van der Waals surface area contributed by atoms with E-state index >= 15 is 0 Å². The van der Waals surface area contributed by atoms with Gasteiger partial charge in [0.2, 0.25) is 0 Å². The summed E-state index contributed by atoms with van der Waals surface area (Å²) >= 11 is 0. The SMILES string of the molecule is CCCOc1cccc(NC2CCCc3c2cnn3C)c1. The molecule has 0 fully saturated rings. The lowest BCUT2D eigenvalue weighted by Crippen LogP contribution is -2.17. The first-order valence-electron chi connectivity index (χ1n) is 7.78. The molecular formula is C17H23N3O. The van der Waals surface area contributed by atoms with Crippen LogP contribution < -0.4 is 10.1 Å². The molecule has 1 aromatic carbocycles. The maximum Gasteiger partial charge on any atom is 0.121 e. The Morgan fingerprint density at radius 2 is 2.33 bits per heavy atom. The maximum atomic E-state index is 5.70. The maximum absolute atomic E-state index is 5.70. The quantitative estimate of drug-likeness (QED) is 0.910. The summed E-state index contributed by atoms with van der Waals surface area (Å²) in [5, 5.41) is 8.03. The molecule has 2 aromatic rings.